The Morgan fingerprint density at radius 1 is 1.17 bits per heavy atom. The molecule has 0 fully saturated rings. The van der Waals surface area contributed by atoms with Gasteiger partial charge in [-0.05, 0) is 54.7 Å². The van der Waals surface area contributed by atoms with E-state index in [1.54, 1.807) is 6.92 Å². The summed E-state index contributed by atoms with van der Waals surface area (Å²) in [5.74, 6) is 1.34. The first-order valence-electron chi connectivity index (χ1n) is 10.5. The van der Waals surface area contributed by atoms with Crippen molar-refractivity contribution < 1.29 is 14.9 Å². The van der Waals surface area contributed by atoms with Crippen molar-refractivity contribution in [2.45, 2.75) is 39.3 Å². The van der Waals surface area contributed by atoms with E-state index in [1.807, 2.05) is 42.5 Å². The van der Waals surface area contributed by atoms with Gasteiger partial charge in [0.15, 0.2) is 6.61 Å². The summed E-state index contributed by atoms with van der Waals surface area (Å²) in [4.78, 5) is 11.3. The first kappa shape index (κ1) is 21.7. The molecule has 30 heavy (non-hydrogen) atoms. The van der Waals surface area contributed by atoms with Crippen LogP contribution in [0, 0.1) is 5.92 Å². The number of ether oxygens (including phenoxy) is 1. The Morgan fingerprint density at radius 3 is 2.53 bits per heavy atom. The van der Waals surface area contributed by atoms with Crippen molar-refractivity contribution in [3.8, 4) is 5.75 Å². The molecule has 1 aliphatic carbocycles. The minimum Gasteiger partial charge on any atom is -0.483 e. The van der Waals surface area contributed by atoms with Crippen LogP contribution in [0.15, 0.2) is 78.4 Å². The Balaban J connectivity index is 1.42. The maximum atomic E-state index is 11.3. The molecule has 0 spiro atoms. The second-order valence-corrected chi connectivity index (χ2v) is 7.92. The summed E-state index contributed by atoms with van der Waals surface area (Å²) in [5, 5.41) is 9.67. The Bertz CT molecular complexity index is 914. The lowest BCUT2D eigenvalue weighted by Crippen LogP contribution is -2.43. The maximum Gasteiger partial charge on any atom is 0.218 e. The molecule has 0 saturated heterocycles. The molecule has 0 radical (unpaired) electrons. The van der Waals surface area contributed by atoms with Crippen LogP contribution in [0.1, 0.15) is 37.8 Å². The van der Waals surface area contributed by atoms with Gasteiger partial charge < -0.3 is 14.8 Å². The van der Waals surface area contributed by atoms with Gasteiger partial charge >= 0.3 is 0 Å². The first-order chi connectivity index (χ1) is 14.5. The zero-order valence-corrected chi connectivity index (χ0v) is 17.8. The van der Waals surface area contributed by atoms with E-state index < -0.39 is 0 Å². The van der Waals surface area contributed by atoms with Gasteiger partial charge in [0.25, 0.3) is 0 Å². The molecule has 2 unspecified atom stereocenters. The van der Waals surface area contributed by atoms with Gasteiger partial charge in [-0.3, -0.25) is 5.41 Å². The van der Waals surface area contributed by atoms with E-state index in [2.05, 4.69) is 42.6 Å². The smallest absolute Gasteiger partial charge is 0.218 e. The number of ketones is 1. The Labute approximate surface area is 179 Å². The topological polar surface area (TPSA) is 63.9 Å². The molecule has 2 atom stereocenters. The van der Waals surface area contributed by atoms with Crippen molar-refractivity contribution in [2.24, 2.45) is 5.92 Å². The Kier molecular flexibility index (Phi) is 7.75. The number of hydrogen-bond acceptors (Lipinski definition) is 3. The highest BCUT2D eigenvalue weighted by atomic mass is 16.5. The van der Waals surface area contributed by atoms with E-state index in [4.69, 9.17) is 10.1 Å². The van der Waals surface area contributed by atoms with Crippen LogP contribution < -0.4 is 15.5 Å². The average molecular weight is 404 g/mol. The summed E-state index contributed by atoms with van der Waals surface area (Å²) in [6, 6.07) is 18.3. The first-order valence-corrected chi connectivity index (χ1v) is 10.5. The van der Waals surface area contributed by atoms with Gasteiger partial charge in [-0.2, -0.15) is 0 Å². The standard InChI is InChI=1S/C26H30N2O2/c1-19(16-20(2)29)22-10-12-24(13-11-22)28-17-21-8-14-25(15-9-21)30-18-26(27)23-6-4-3-5-7-23/h3-12,14-15,19,24,27-28H,13,16-18H2,1-2H3/p+1. The van der Waals surface area contributed by atoms with Crippen LogP contribution in [-0.2, 0) is 11.3 Å². The molecule has 3 N–H and O–H groups in total. The van der Waals surface area contributed by atoms with E-state index >= 15 is 0 Å². The summed E-state index contributed by atoms with van der Waals surface area (Å²) in [5.41, 5.74) is 4.18. The fourth-order valence-electron chi connectivity index (χ4n) is 3.55. The third-order valence-electron chi connectivity index (χ3n) is 5.32. The minimum absolute atomic E-state index is 0.241. The second kappa shape index (κ2) is 10.7. The molecule has 4 heteroatoms. The normalized spacial score (nSPS) is 16.6. The minimum atomic E-state index is 0.241. The highest BCUT2D eigenvalue weighted by Crippen LogP contribution is 2.22. The SMILES string of the molecule is CC(=O)CC(C)C1=CCC(NCc2ccc(OCC(=[NH2+])c3ccccc3)cc2)C=C1. The number of rotatable bonds is 10. The van der Waals surface area contributed by atoms with Crippen LogP contribution in [0.3, 0.4) is 0 Å². The van der Waals surface area contributed by atoms with Gasteiger partial charge in [0, 0.05) is 24.6 Å². The largest absolute Gasteiger partial charge is 0.483 e. The molecule has 0 aromatic heterocycles. The lowest BCUT2D eigenvalue weighted by atomic mass is 9.90. The maximum absolute atomic E-state index is 11.3. The Morgan fingerprint density at radius 2 is 1.90 bits per heavy atom. The van der Waals surface area contributed by atoms with Gasteiger partial charge in [0.05, 0.1) is 0 Å². The zero-order valence-electron chi connectivity index (χ0n) is 17.8. The molecular formula is C26H31N2O2+. The average Bonchev–Trinajstić information content (AvgIpc) is 2.77. The number of carbonyl (C=O) groups is 1. The predicted octanol–water partition coefficient (Wildman–Crippen LogP) is 3.27. The number of nitrogens with two attached hydrogens (primary N) is 1. The fourth-order valence-corrected chi connectivity index (χ4v) is 3.55. The molecule has 2 aromatic rings. The van der Waals surface area contributed by atoms with Crippen molar-refractivity contribution in [3.63, 3.8) is 0 Å². The molecule has 4 nitrogen and oxygen atoms in total. The highest BCUT2D eigenvalue weighted by molar-refractivity contribution is 5.96. The summed E-state index contributed by atoms with van der Waals surface area (Å²) in [7, 11) is 0. The molecule has 156 valence electrons. The summed E-state index contributed by atoms with van der Waals surface area (Å²) in [6.45, 7) is 4.92. The molecule has 0 bridgehead atoms. The van der Waals surface area contributed by atoms with E-state index in [9.17, 15) is 4.79 Å². The number of nitrogens with one attached hydrogen (secondary N) is 1. The molecule has 0 heterocycles. The molecule has 2 aromatic carbocycles. The highest BCUT2D eigenvalue weighted by Gasteiger charge is 2.14. The van der Waals surface area contributed by atoms with Crippen LogP contribution >= 0.6 is 0 Å². The third kappa shape index (κ3) is 6.53. The van der Waals surface area contributed by atoms with Crippen molar-refractivity contribution in [2.75, 3.05) is 6.61 Å². The predicted molar refractivity (Wildman–Crippen MR) is 121 cm³/mol. The van der Waals surface area contributed by atoms with Crippen LogP contribution in [-0.4, -0.2) is 24.1 Å². The summed E-state index contributed by atoms with van der Waals surface area (Å²) >= 11 is 0. The van der Waals surface area contributed by atoms with E-state index in [0.717, 1.165) is 30.0 Å². The number of Topliss-reactive ketones (excluding diaryl/α,β-unsaturated/α-hetero) is 1. The van der Waals surface area contributed by atoms with Crippen LogP contribution in [0.5, 0.6) is 5.75 Å². The summed E-state index contributed by atoms with van der Waals surface area (Å²) < 4.78 is 5.81. The van der Waals surface area contributed by atoms with Crippen molar-refractivity contribution >= 4 is 11.5 Å². The van der Waals surface area contributed by atoms with Gasteiger partial charge in [-0.25, -0.2) is 0 Å². The zero-order chi connectivity index (χ0) is 21.3. The lowest BCUT2D eigenvalue weighted by molar-refractivity contribution is -0.118. The van der Waals surface area contributed by atoms with E-state index in [0.29, 0.717) is 25.0 Å². The number of benzene rings is 2. The van der Waals surface area contributed by atoms with Crippen LogP contribution in [0.2, 0.25) is 0 Å². The molecule has 0 aliphatic heterocycles. The second-order valence-electron chi connectivity index (χ2n) is 7.92. The van der Waals surface area contributed by atoms with E-state index in [-0.39, 0.29) is 5.78 Å². The number of allylic oxidation sites excluding steroid dienone is 2. The molecule has 0 amide bonds. The molecule has 1 aliphatic rings. The number of carbonyl (C=O) groups excluding carboxylic acids is 1. The van der Waals surface area contributed by atoms with Gasteiger partial charge in [0.1, 0.15) is 11.5 Å². The lowest BCUT2D eigenvalue weighted by Gasteiger charge is -2.20. The monoisotopic (exact) mass is 403 g/mol. The van der Waals surface area contributed by atoms with Gasteiger partial charge in [-0.15, -0.1) is 0 Å². The van der Waals surface area contributed by atoms with Gasteiger partial charge in [0.2, 0.25) is 5.71 Å². The summed E-state index contributed by atoms with van der Waals surface area (Å²) in [6.07, 6.45) is 8.15. The Hall–Kier alpha value is -2.98. The third-order valence-corrected chi connectivity index (χ3v) is 5.32. The van der Waals surface area contributed by atoms with Crippen LogP contribution in [0.25, 0.3) is 0 Å². The van der Waals surface area contributed by atoms with E-state index in [1.165, 1.54) is 11.1 Å². The molecular weight excluding hydrogens is 372 g/mol. The van der Waals surface area contributed by atoms with Crippen LogP contribution in [0.4, 0.5) is 0 Å². The molecule has 3 rings (SSSR count). The van der Waals surface area contributed by atoms with Crippen molar-refractivity contribution in [1.82, 2.24) is 5.32 Å². The van der Waals surface area contributed by atoms with Crippen molar-refractivity contribution in [3.05, 3.63) is 89.5 Å². The van der Waals surface area contributed by atoms with Gasteiger partial charge in [-0.1, -0.05) is 55.5 Å². The fraction of sp³-hybridized carbons (Fsp3) is 0.308. The molecule has 0 saturated carbocycles. The quantitative estimate of drug-likeness (QED) is 0.599. The number of hydrogen-bond donors (Lipinski definition) is 2. The van der Waals surface area contributed by atoms with Crippen molar-refractivity contribution in [1.29, 1.82) is 0 Å².